The van der Waals surface area contributed by atoms with E-state index in [2.05, 4.69) is 0 Å². The van der Waals surface area contributed by atoms with Crippen LogP contribution >= 0.6 is 7.60 Å². The standard InChI is InChI=1S/C12H17O5P/c1-3-16-18(15,17-4-2)9-10-5-7-11(8-6-10)12(13)14/h5-8H,3-4,9H2,1-2H3,(H,13,14)/p-1. The first kappa shape index (κ1) is 14.9. The molecular weight excluding hydrogens is 255 g/mol. The lowest BCUT2D eigenvalue weighted by molar-refractivity contribution is -0.255. The highest BCUT2D eigenvalue weighted by molar-refractivity contribution is 7.53. The zero-order chi connectivity index (χ0) is 13.6. The van der Waals surface area contributed by atoms with E-state index in [0.29, 0.717) is 18.8 Å². The summed E-state index contributed by atoms with van der Waals surface area (Å²) in [4.78, 5) is 10.6. The summed E-state index contributed by atoms with van der Waals surface area (Å²) in [5.41, 5.74) is 0.784. The Hall–Kier alpha value is -1.16. The number of carbonyl (C=O) groups is 1. The fourth-order valence-corrected chi connectivity index (χ4v) is 3.19. The third-order valence-electron chi connectivity index (χ3n) is 2.22. The molecule has 1 aromatic rings. The predicted octanol–water partition coefficient (Wildman–Crippen LogP) is 1.82. The van der Waals surface area contributed by atoms with E-state index in [4.69, 9.17) is 9.05 Å². The minimum atomic E-state index is -3.14. The molecule has 1 aromatic carbocycles. The first-order chi connectivity index (χ1) is 8.50. The summed E-state index contributed by atoms with van der Waals surface area (Å²) in [6, 6.07) is 5.98. The second kappa shape index (κ2) is 6.69. The molecule has 0 radical (unpaired) electrons. The molecule has 0 saturated heterocycles. The van der Waals surface area contributed by atoms with Gasteiger partial charge in [0.1, 0.15) is 0 Å². The van der Waals surface area contributed by atoms with Crippen molar-refractivity contribution >= 4 is 13.6 Å². The smallest absolute Gasteiger partial charge is 0.335 e. The van der Waals surface area contributed by atoms with Gasteiger partial charge in [0.2, 0.25) is 0 Å². The number of rotatable bonds is 7. The van der Waals surface area contributed by atoms with Crippen LogP contribution in [0.4, 0.5) is 0 Å². The van der Waals surface area contributed by atoms with Gasteiger partial charge in [-0.05, 0) is 25.0 Å². The molecule has 100 valence electrons. The lowest BCUT2D eigenvalue weighted by atomic mass is 10.1. The molecule has 0 saturated carbocycles. The quantitative estimate of drug-likeness (QED) is 0.707. The van der Waals surface area contributed by atoms with E-state index < -0.39 is 13.6 Å². The van der Waals surface area contributed by atoms with Crippen LogP contribution in [0.25, 0.3) is 0 Å². The summed E-state index contributed by atoms with van der Waals surface area (Å²) in [5.74, 6) is -1.24. The van der Waals surface area contributed by atoms with Gasteiger partial charge in [-0.15, -0.1) is 0 Å². The zero-order valence-corrected chi connectivity index (χ0v) is 11.3. The molecule has 5 nitrogen and oxygen atoms in total. The van der Waals surface area contributed by atoms with Gasteiger partial charge in [0.25, 0.3) is 0 Å². The maximum absolute atomic E-state index is 12.2. The van der Waals surface area contributed by atoms with Gasteiger partial charge in [0.05, 0.1) is 25.3 Å². The van der Waals surface area contributed by atoms with Crippen molar-refractivity contribution in [2.75, 3.05) is 13.2 Å². The molecule has 0 fully saturated rings. The van der Waals surface area contributed by atoms with Crippen LogP contribution in [-0.4, -0.2) is 19.2 Å². The Labute approximate surface area is 106 Å². The van der Waals surface area contributed by atoms with Crippen LogP contribution < -0.4 is 5.11 Å². The second-order valence-electron chi connectivity index (χ2n) is 3.59. The van der Waals surface area contributed by atoms with Crippen molar-refractivity contribution in [1.29, 1.82) is 0 Å². The molecule has 0 heterocycles. The van der Waals surface area contributed by atoms with Crippen molar-refractivity contribution in [3.63, 3.8) is 0 Å². The Morgan fingerprint density at radius 3 is 2.06 bits per heavy atom. The number of carbonyl (C=O) groups excluding carboxylic acids is 1. The summed E-state index contributed by atoms with van der Waals surface area (Å²) in [7, 11) is -3.14. The van der Waals surface area contributed by atoms with Crippen LogP contribution in [0.3, 0.4) is 0 Å². The van der Waals surface area contributed by atoms with Gasteiger partial charge < -0.3 is 18.9 Å². The minimum absolute atomic E-state index is 0.0846. The molecule has 0 spiro atoms. The number of hydrogen-bond acceptors (Lipinski definition) is 5. The highest BCUT2D eigenvalue weighted by atomic mass is 31.2. The van der Waals surface area contributed by atoms with Crippen molar-refractivity contribution in [2.24, 2.45) is 0 Å². The van der Waals surface area contributed by atoms with Crippen molar-refractivity contribution in [3.8, 4) is 0 Å². The summed E-state index contributed by atoms with van der Waals surface area (Å²) in [5, 5.41) is 10.6. The number of carboxylic acids is 1. The van der Waals surface area contributed by atoms with Crippen LogP contribution in [-0.2, 0) is 19.8 Å². The number of carboxylic acid groups (broad SMARTS) is 1. The number of aromatic carboxylic acids is 1. The highest BCUT2D eigenvalue weighted by Crippen LogP contribution is 2.51. The van der Waals surface area contributed by atoms with Gasteiger partial charge in [-0.3, -0.25) is 4.57 Å². The average Bonchev–Trinajstić information content (AvgIpc) is 2.30. The first-order valence-electron chi connectivity index (χ1n) is 5.69. The van der Waals surface area contributed by atoms with Crippen LogP contribution in [0.2, 0.25) is 0 Å². The normalized spacial score (nSPS) is 11.4. The molecule has 0 aliphatic rings. The van der Waals surface area contributed by atoms with Crippen molar-refractivity contribution in [1.82, 2.24) is 0 Å². The van der Waals surface area contributed by atoms with Crippen LogP contribution in [0.5, 0.6) is 0 Å². The average molecular weight is 271 g/mol. The maximum Gasteiger partial charge on any atom is 0.335 e. The van der Waals surface area contributed by atoms with Gasteiger partial charge in [-0.2, -0.15) is 0 Å². The predicted molar refractivity (Wildman–Crippen MR) is 65.3 cm³/mol. The van der Waals surface area contributed by atoms with Gasteiger partial charge in [-0.25, -0.2) is 0 Å². The van der Waals surface area contributed by atoms with Gasteiger partial charge in [-0.1, -0.05) is 24.3 Å². The molecule has 0 unspecified atom stereocenters. The molecule has 0 atom stereocenters. The largest absolute Gasteiger partial charge is 0.545 e. The summed E-state index contributed by atoms with van der Waals surface area (Å²) >= 11 is 0. The van der Waals surface area contributed by atoms with E-state index in [1.54, 1.807) is 26.0 Å². The lowest BCUT2D eigenvalue weighted by Gasteiger charge is -2.17. The summed E-state index contributed by atoms with van der Waals surface area (Å²) < 4.78 is 22.5. The third-order valence-corrected chi connectivity index (χ3v) is 4.27. The van der Waals surface area contributed by atoms with E-state index in [1.807, 2.05) is 0 Å². The summed E-state index contributed by atoms with van der Waals surface area (Å²) in [6.07, 6.45) is 0.127. The molecule has 0 aliphatic carbocycles. The minimum Gasteiger partial charge on any atom is -0.545 e. The third kappa shape index (κ3) is 4.26. The van der Waals surface area contributed by atoms with E-state index in [1.165, 1.54) is 12.1 Å². The van der Waals surface area contributed by atoms with Crippen LogP contribution in [0.15, 0.2) is 24.3 Å². The first-order valence-corrected chi connectivity index (χ1v) is 7.42. The van der Waals surface area contributed by atoms with Gasteiger partial charge in [0.15, 0.2) is 0 Å². The molecule has 0 aromatic heterocycles. The number of hydrogen-bond donors (Lipinski definition) is 0. The highest BCUT2D eigenvalue weighted by Gasteiger charge is 2.23. The maximum atomic E-state index is 12.2. The van der Waals surface area contributed by atoms with Gasteiger partial charge in [0, 0.05) is 0 Å². The van der Waals surface area contributed by atoms with E-state index in [0.717, 1.165) is 0 Å². The van der Waals surface area contributed by atoms with E-state index in [-0.39, 0.29) is 11.7 Å². The van der Waals surface area contributed by atoms with Crippen molar-refractivity contribution < 1.29 is 23.5 Å². The zero-order valence-electron chi connectivity index (χ0n) is 10.4. The molecule has 0 N–H and O–H groups in total. The van der Waals surface area contributed by atoms with Crippen LogP contribution in [0, 0.1) is 0 Å². The fraction of sp³-hybridized carbons (Fsp3) is 0.417. The molecule has 0 amide bonds. The monoisotopic (exact) mass is 271 g/mol. The van der Waals surface area contributed by atoms with E-state index >= 15 is 0 Å². The number of benzene rings is 1. The van der Waals surface area contributed by atoms with Gasteiger partial charge >= 0.3 is 7.60 Å². The fourth-order valence-electron chi connectivity index (χ4n) is 1.49. The van der Waals surface area contributed by atoms with E-state index in [9.17, 15) is 14.5 Å². The molecule has 0 bridgehead atoms. The topological polar surface area (TPSA) is 75.7 Å². The van der Waals surface area contributed by atoms with Crippen molar-refractivity contribution in [3.05, 3.63) is 35.4 Å². The molecule has 6 heteroatoms. The molecule has 1 rings (SSSR count). The second-order valence-corrected chi connectivity index (χ2v) is 5.64. The van der Waals surface area contributed by atoms with Crippen molar-refractivity contribution in [2.45, 2.75) is 20.0 Å². The Morgan fingerprint density at radius 2 is 1.67 bits per heavy atom. The Bertz CT molecular complexity index is 430. The Kier molecular flexibility index (Phi) is 5.54. The lowest BCUT2D eigenvalue weighted by Crippen LogP contribution is -2.21. The van der Waals surface area contributed by atoms with Crippen LogP contribution in [0.1, 0.15) is 29.8 Å². The summed E-state index contributed by atoms with van der Waals surface area (Å²) in [6.45, 7) is 4.08. The molecule has 0 aliphatic heterocycles. The molecule has 18 heavy (non-hydrogen) atoms. The Balaban J connectivity index is 2.81. The Morgan fingerprint density at radius 1 is 1.17 bits per heavy atom. The molecular formula is C12H16O5P-. The SMILES string of the molecule is CCOP(=O)(Cc1ccc(C(=O)[O-])cc1)OCC.